The van der Waals surface area contributed by atoms with Crippen LogP contribution in [-0.2, 0) is 6.54 Å². The minimum Gasteiger partial charge on any atom is -0.492 e. The Morgan fingerprint density at radius 2 is 2.04 bits per heavy atom. The zero-order valence-corrected chi connectivity index (χ0v) is 14.8. The van der Waals surface area contributed by atoms with Crippen molar-refractivity contribution in [2.24, 2.45) is 0 Å². The lowest BCUT2D eigenvalue weighted by Crippen LogP contribution is -2.23. The second kappa shape index (κ2) is 7.41. The van der Waals surface area contributed by atoms with Gasteiger partial charge in [-0.15, -0.1) is 0 Å². The van der Waals surface area contributed by atoms with E-state index in [4.69, 9.17) is 14.2 Å². The van der Waals surface area contributed by atoms with E-state index in [0.29, 0.717) is 30.3 Å². The summed E-state index contributed by atoms with van der Waals surface area (Å²) in [5.41, 5.74) is 1.40. The maximum Gasteiger partial charge on any atom is 0.297 e. The van der Waals surface area contributed by atoms with Crippen LogP contribution in [0.15, 0.2) is 59.7 Å². The van der Waals surface area contributed by atoms with Crippen LogP contribution in [0, 0.1) is 0 Å². The Balaban J connectivity index is 1.58. The Hall–Kier alpha value is -3.48. The standard InChI is InChI=1S/C20H19N3O4/c1-2-25-16-6-4-3-5-15(16)23-10-9-21-19(20(23)24)22-12-14-7-8-17-18(11-14)27-13-26-17/h3-11H,2,12-13H2,1H3,(H,21,22). The van der Waals surface area contributed by atoms with Crippen molar-refractivity contribution in [2.45, 2.75) is 13.5 Å². The van der Waals surface area contributed by atoms with Gasteiger partial charge in [0.25, 0.3) is 5.56 Å². The van der Waals surface area contributed by atoms with Crippen molar-refractivity contribution >= 4 is 5.82 Å². The van der Waals surface area contributed by atoms with Gasteiger partial charge in [0, 0.05) is 18.9 Å². The Morgan fingerprint density at radius 3 is 2.93 bits per heavy atom. The van der Waals surface area contributed by atoms with Gasteiger partial charge in [-0.1, -0.05) is 18.2 Å². The molecular weight excluding hydrogens is 346 g/mol. The molecule has 1 N–H and O–H groups in total. The van der Waals surface area contributed by atoms with Gasteiger partial charge in [-0.25, -0.2) is 4.98 Å². The van der Waals surface area contributed by atoms with Gasteiger partial charge in [-0.3, -0.25) is 9.36 Å². The fourth-order valence-electron chi connectivity index (χ4n) is 2.89. The molecule has 0 aliphatic carbocycles. The van der Waals surface area contributed by atoms with E-state index in [1.165, 1.54) is 4.57 Å². The van der Waals surface area contributed by atoms with Crippen molar-refractivity contribution in [3.05, 3.63) is 70.8 Å². The first-order valence-electron chi connectivity index (χ1n) is 8.68. The predicted octanol–water partition coefficient (Wildman–Crippen LogP) is 2.97. The fourth-order valence-corrected chi connectivity index (χ4v) is 2.89. The Morgan fingerprint density at radius 1 is 1.19 bits per heavy atom. The lowest BCUT2D eigenvalue weighted by atomic mass is 10.2. The molecule has 7 heteroatoms. The van der Waals surface area contributed by atoms with Crippen LogP contribution >= 0.6 is 0 Å². The molecule has 0 saturated carbocycles. The molecule has 0 amide bonds. The first kappa shape index (κ1) is 17.0. The van der Waals surface area contributed by atoms with E-state index in [9.17, 15) is 4.79 Å². The average molecular weight is 365 g/mol. The smallest absolute Gasteiger partial charge is 0.297 e. The van der Waals surface area contributed by atoms with Crippen LogP contribution in [0.4, 0.5) is 5.82 Å². The number of ether oxygens (including phenoxy) is 3. The number of nitrogens with one attached hydrogen (secondary N) is 1. The van der Waals surface area contributed by atoms with Crippen LogP contribution in [0.2, 0.25) is 0 Å². The summed E-state index contributed by atoms with van der Waals surface area (Å²) in [6.45, 7) is 3.10. The quantitative estimate of drug-likeness (QED) is 0.724. The molecule has 2 heterocycles. The monoisotopic (exact) mass is 365 g/mol. The van der Waals surface area contributed by atoms with Crippen LogP contribution in [0.25, 0.3) is 5.69 Å². The predicted molar refractivity (Wildman–Crippen MR) is 101 cm³/mol. The number of hydrogen-bond acceptors (Lipinski definition) is 6. The largest absolute Gasteiger partial charge is 0.492 e. The molecule has 7 nitrogen and oxygen atoms in total. The number of anilines is 1. The van der Waals surface area contributed by atoms with Gasteiger partial charge in [0.2, 0.25) is 6.79 Å². The third-order valence-corrected chi connectivity index (χ3v) is 4.16. The van der Waals surface area contributed by atoms with E-state index in [2.05, 4.69) is 10.3 Å². The van der Waals surface area contributed by atoms with Gasteiger partial charge in [0.1, 0.15) is 5.75 Å². The lowest BCUT2D eigenvalue weighted by Gasteiger charge is -2.13. The van der Waals surface area contributed by atoms with Crippen LogP contribution in [0.1, 0.15) is 12.5 Å². The molecule has 1 aromatic heterocycles. The number of aromatic nitrogens is 2. The average Bonchev–Trinajstić information content (AvgIpc) is 3.16. The van der Waals surface area contributed by atoms with E-state index in [-0.39, 0.29) is 18.2 Å². The normalized spacial score (nSPS) is 12.0. The highest BCUT2D eigenvalue weighted by Crippen LogP contribution is 2.32. The van der Waals surface area contributed by atoms with Crippen molar-refractivity contribution < 1.29 is 14.2 Å². The van der Waals surface area contributed by atoms with Crippen molar-refractivity contribution in [1.82, 2.24) is 9.55 Å². The van der Waals surface area contributed by atoms with Gasteiger partial charge in [-0.2, -0.15) is 0 Å². The summed E-state index contributed by atoms with van der Waals surface area (Å²) in [6, 6.07) is 13.1. The van der Waals surface area contributed by atoms with Crippen molar-refractivity contribution in [3.8, 4) is 22.9 Å². The number of hydrogen-bond donors (Lipinski definition) is 1. The van der Waals surface area contributed by atoms with E-state index in [0.717, 1.165) is 11.3 Å². The molecule has 138 valence electrons. The van der Waals surface area contributed by atoms with E-state index in [1.807, 2.05) is 49.4 Å². The molecule has 1 aliphatic heterocycles. The van der Waals surface area contributed by atoms with Crippen molar-refractivity contribution in [2.75, 3.05) is 18.7 Å². The Labute approximate surface area is 156 Å². The van der Waals surface area contributed by atoms with Crippen LogP contribution in [-0.4, -0.2) is 23.0 Å². The molecular formula is C20H19N3O4. The zero-order chi connectivity index (χ0) is 18.6. The summed E-state index contributed by atoms with van der Waals surface area (Å²) >= 11 is 0. The number of fused-ring (bicyclic) bond motifs is 1. The molecule has 0 spiro atoms. The van der Waals surface area contributed by atoms with Gasteiger partial charge < -0.3 is 19.5 Å². The summed E-state index contributed by atoms with van der Waals surface area (Å²) in [4.78, 5) is 17.1. The summed E-state index contributed by atoms with van der Waals surface area (Å²) in [5, 5.41) is 3.10. The molecule has 3 aromatic rings. The molecule has 0 fully saturated rings. The van der Waals surface area contributed by atoms with Gasteiger partial charge in [0.05, 0.1) is 12.3 Å². The second-order valence-electron chi connectivity index (χ2n) is 5.89. The molecule has 1 aliphatic rings. The van der Waals surface area contributed by atoms with Crippen LogP contribution in [0.5, 0.6) is 17.2 Å². The summed E-state index contributed by atoms with van der Waals surface area (Å²) in [7, 11) is 0. The fraction of sp³-hybridized carbons (Fsp3) is 0.200. The lowest BCUT2D eigenvalue weighted by molar-refractivity contribution is 0.174. The molecule has 0 unspecified atom stereocenters. The molecule has 2 aromatic carbocycles. The number of rotatable bonds is 6. The Bertz CT molecular complexity index is 1020. The molecule has 0 bridgehead atoms. The molecule has 0 atom stereocenters. The van der Waals surface area contributed by atoms with Gasteiger partial charge in [-0.05, 0) is 36.8 Å². The maximum absolute atomic E-state index is 12.9. The topological polar surface area (TPSA) is 74.6 Å². The highest BCUT2D eigenvalue weighted by atomic mass is 16.7. The Kier molecular flexibility index (Phi) is 4.65. The van der Waals surface area contributed by atoms with Crippen molar-refractivity contribution in [1.29, 1.82) is 0 Å². The van der Waals surface area contributed by atoms with Gasteiger partial charge in [0.15, 0.2) is 17.3 Å². The zero-order valence-electron chi connectivity index (χ0n) is 14.8. The first-order valence-corrected chi connectivity index (χ1v) is 8.68. The molecule has 0 radical (unpaired) electrons. The number of benzene rings is 2. The SMILES string of the molecule is CCOc1ccccc1-n1ccnc(NCc2ccc3c(c2)OCO3)c1=O. The van der Waals surface area contributed by atoms with E-state index in [1.54, 1.807) is 12.4 Å². The van der Waals surface area contributed by atoms with Crippen LogP contribution < -0.4 is 25.1 Å². The highest BCUT2D eigenvalue weighted by Gasteiger charge is 2.14. The summed E-state index contributed by atoms with van der Waals surface area (Å²) in [5.74, 6) is 2.35. The summed E-state index contributed by atoms with van der Waals surface area (Å²) < 4.78 is 17.9. The minimum atomic E-state index is -0.245. The third-order valence-electron chi connectivity index (χ3n) is 4.16. The van der Waals surface area contributed by atoms with Crippen LogP contribution in [0.3, 0.4) is 0 Å². The van der Waals surface area contributed by atoms with Crippen molar-refractivity contribution in [3.63, 3.8) is 0 Å². The molecule has 4 rings (SSSR count). The highest BCUT2D eigenvalue weighted by molar-refractivity contribution is 5.49. The molecule has 27 heavy (non-hydrogen) atoms. The summed E-state index contributed by atoms with van der Waals surface area (Å²) in [6.07, 6.45) is 3.22. The molecule has 0 saturated heterocycles. The third kappa shape index (κ3) is 3.44. The number of nitrogens with zero attached hydrogens (tertiary/aromatic N) is 2. The number of para-hydroxylation sites is 2. The first-order chi connectivity index (χ1) is 13.3. The maximum atomic E-state index is 12.9. The second-order valence-corrected chi connectivity index (χ2v) is 5.89. The van der Waals surface area contributed by atoms with E-state index < -0.39 is 0 Å². The minimum absolute atomic E-state index is 0.233. The van der Waals surface area contributed by atoms with E-state index >= 15 is 0 Å². The van der Waals surface area contributed by atoms with Gasteiger partial charge >= 0.3 is 0 Å².